The van der Waals surface area contributed by atoms with Crippen molar-refractivity contribution in [1.29, 1.82) is 0 Å². The third-order valence-electron chi connectivity index (χ3n) is 3.33. The normalized spacial score (nSPS) is 10.6. The standard InChI is InChI=1S/C18H13F2NOS/c1-11-2-7-14(20)15(10-11)21-18(22)17-9-8-16(23-17)12-3-5-13(19)6-4-12/h2-10H,1H3,(H,21,22). The molecule has 0 bridgehead atoms. The van der Waals surface area contributed by atoms with Crippen molar-refractivity contribution in [3.8, 4) is 10.4 Å². The topological polar surface area (TPSA) is 29.1 Å². The zero-order chi connectivity index (χ0) is 16.4. The molecule has 0 radical (unpaired) electrons. The molecular formula is C18H13F2NOS. The first kappa shape index (κ1) is 15.4. The van der Waals surface area contributed by atoms with Gasteiger partial charge in [0.15, 0.2) is 0 Å². The van der Waals surface area contributed by atoms with E-state index in [9.17, 15) is 13.6 Å². The molecule has 2 nitrogen and oxygen atoms in total. The van der Waals surface area contributed by atoms with E-state index < -0.39 is 5.82 Å². The first-order valence-corrected chi connectivity index (χ1v) is 7.78. The number of aryl methyl sites for hydroxylation is 1. The lowest BCUT2D eigenvalue weighted by Crippen LogP contribution is -2.11. The van der Waals surface area contributed by atoms with Gasteiger partial charge in [-0.05, 0) is 54.4 Å². The van der Waals surface area contributed by atoms with Gasteiger partial charge in [-0.3, -0.25) is 4.79 Å². The predicted molar refractivity (Wildman–Crippen MR) is 88.8 cm³/mol. The summed E-state index contributed by atoms with van der Waals surface area (Å²) in [7, 11) is 0. The molecular weight excluding hydrogens is 316 g/mol. The molecule has 0 aliphatic carbocycles. The number of hydrogen-bond donors (Lipinski definition) is 1. The smallest absolute Gasteiger partial charge is 0.265 e. The predicted octanol–water partition coefficient (Wildman–Crippen LogP) is 5.25. The Morgan fingerprint density at radius 2 is 1.74 bits per heavy atom. The summed E-state index contributed by atoms with van der Waals surface area (Å²) in [6.45, 7) is 1.83. The minimum atomic E-state index is -0.473. The van der Waals surface area contributed by atoms with Crippen molar-refractivity contribution in [3.63, 3.8) is 0 Å². The molecule has 23 heavy (non-hydrogen) atoms. The monoisotopic (exact) mass is 329 g/mol. The van der Waals surface area contributed by atoms with Gasteiger partial charge in [-0.2, -0.15) is 0 Å². The minimum Gasteiger partial charge on any atom is -0.319 e. The number of anilines is 1. The van der Waals surface area contributed by atoms with E-state index in [0.29, 0.717) is 4.88 Å². The molecule has 2 aromatic carbocycles. The number of hydrogen-bond acceptors (Lipinski definition) is 2. The highest BCUT2D eigenvalue weighted by Crippen LogP contribution is 2.29. The molecule has 0 atom stereocenters. The summed E-state index contributed by atoms with van der Waals surface area (Å²) in [5, 5.41) is 2.58. The molecule has 3 rings (SSSR count). The molecule has 5 heteroatoms. The number of amides is 1. The quantitative estimate of drug-likeness (QED) is 0.698. The SMILES string of the molecule is Cc1ccc(F)c(NC(=O)c2ccc(-c3ccc(F)cc3)s2)c1. The maximum absolute atomic E-state index is 13.7. The minimum absolute atomic E-state index is 0.159. The van der Waals surface area contributed by atoms with Crippen LogP contribution in [0.1, 0.15) is 15.2 Å². The van der Waals surface area contributed by atoms with Crippen LogP contribution in [0.5, 0.6) is 0 Å². The molecule has 0 fully saturated rings. The molecule has 3 aromatic rings. The van der Waals surface area contributed by atoms with Gasteiger partial charge in [0.2, 0.25) is 0 Å². The Morgan fingerprint density at radius 1 is 1.00 bits per heavy atom. The Morgan fingerprint density at radius 3 is 2.48 bits per heavy atom. The third-order valence-corrected chi connectivity index (χ3v) is 4.46. The van der Waals surface area contributed by atoms with Crippen molar-refractivity contribution < 1.29 is 13.6 Å². The third kappa shape index (κ3) is 3.46. The van der Waals surface area contributed by atoms with Gasteiger partial charge in [0.1, 0.15) is 11.6 Å². The van der Waals surface area contributed by atoms with Gasteiger partial charge in [0.05, 0.1) is 10.6 Å². The molecule has 0 aliphatic heterocycles. The van der Waals surface area contributed by atoms with Crippen molar-refractivity contribution in [2.75, 3.05) is 5.32 Å². The van der Waals surface area contributed by atoms with Crippen molar-refractivity contribution in [2.24, 2.45) is 0 Å². The van der Waals surface area contributed by atoms with E-state index >= 15 is 0 Å². The Balaban J connectivity index is 1.81. The first-order chi connectivity index (χ1) is 11.0. The maximum Gasteiger partial charge on any atom is 0.265 e. The van der Waals surface area contributed by atoms with E-state index in [0.717, 1.165) is 16.0 Å². The van der Waals surface area contributed by atoms with E-state index in [1.54, 1.807) is 36.4 Å². The highest BCUT2D eigenvalue weighted by Gasteiger charge is 2.13. The molecule has 0 aliphatic rings. The average molecular weight is 329 g/mol. The van der Waals surface area contributed by atoms with E-state index in [1.165, 1.54) is 29.5 Å². The van der Waals surface area contributed by atoms with Crippen LogP contribution >= 0.6 is 11.3 Å². The summed E-state index contributed by atoms with van der Waals surface area (Å²) in [6, 6.07) is 14.1. The van der Waals surface area contributed by atoms with Gasteiger partial charge >= 0.3 is 0 Å². The summed E-state index contributed by atoms with van der Waals surface area (Å²) < 4.78 is 26.7. The second-order valence-corrected chi connectivity index (χ2v) is 6.19. The van der Waals surface area contributed by atoms with Gasteiger partial charge in [0, 0.05) is 4.88 Å². The van der Waals surface area contributed by atoms with Crippen LogP contribution in [0.2, 0.25) is 0 Å². The Bertz CT molecular complexity index is 856. The van der Waals surface area contributed by atoms with E-state index in [4.69, 9.17) is 0 Å². The van der Waals surface area contributed by atoms with Gasteiger partial charge < -0.3 is 5.32 Å². The molecule has 1 heterocycles. The maximum atomic E-state index is 13.7. The van der Waals surface area contributed by atoms with Crippen molar-refractivity contribution in [1.82, 2.24) is 0 Å². The zero-order valence-electron chi connectivity index (χ0n) is 12.3. The van der Waals surface area contributed by atoms with Crippen molar-refractivity contribution in [2.45, 2.75) is 6.92 Å². The van der Waals surface area contributed by atoms with E-state index in [1.807, 2.05) is 6.92 Å². The molecule has 116 valence electrons. The highest BCUT2D eigenvalue weighted by molar-refractivity contribution is 7.17. The molecule has 0 unspecified atom stereocenters. The molecule has 1 amide bonds. The number of thiophene rings is 1. The van der Waals surface area contributed by atoms with Gasteiger partial charge in [-0.1, -0.05) is 18.2 Å². The lowest BCUT2D eigenvalue weighted by Gasteiger charge is -2.06. The van der Waals surface area contributed by atoms with Crippen LogP contribution < -0.4 is 5.32 Å². The van der Waals surface area contributed by atoms with Crippen molar-refractivity contribution >= 4 is 22.9 Å². The van der Waals surface area contributed by atoms with Crippen molar-refractivity contribution in [3.05, 3.63) is 76.7 Å². The zero-order valence-corrected chi connectivity index (χ0v) is 13.1. The number of carbonyl (C=O) groups excluding carboxylic acids is 1. The average Bonchev–Trinajstić information content (AvgIpc) is 3.02. The number of rotatable bonds is 3. The number of carbonyl (C=O) groups is 1. The summed E-state index contributed by atoms with van der Waals surface area (Å²) in [4.78, 5) is 13.6. The van der Waals surface area contributed by atoms with Crippen LogP contribution in [0.15, 0.2) is 54.6 Å². The fourth-order valence-electron chi connectivity index (χ4n) is 2.15. The summed E-state index contributed by atoms with van der Waals surface area (Å²) in [5.74, 6) is -1.15. The molecule has 0 saturated carbocycles. The fraction of sp³-hybridized carbons (Fsp3) is 0.0556. The fourth-order valence-corrected chi connectivity index (χ4v) is 3.05. The van der Waals surface area contributed by atoms with Gasteiger partial charge in [-0.15, -0.1) is 11.3 Å². The number of benzene rings is 2. The Hall–Kier alpha value is -2.53. The van der Waals surface area contributed by atoms with Crippen LogP contribution in [0.25, 0.3) is 10.4 Å². The summed E-state index contributed by atoms with van der Waals surface area (Å²) in [5.41, 5.74) is 1.85. The van der Waals surface area contributed by atoms with Crippen LogP contribution in [0.3, 0.4) is 0 Å². The summed E-state index contributed by atoms with van der Waals surface area (Å²) in [6.07, 6.45) is 0. The lowest BCUT2D eigenvalue weighted by molar-refractivity contribution is 0.103. The number of nitrogens with one attached hydrogen (secondary N) is 1. The molecule has 0 spiro atoms. The van der Waals surface area contributed by atoms with E-state index in [2.05, 4.69) is 5.32 Å². The number of halogens is 2. The summed E-state index contributed by atoms with van der Waals surface area (Å²) >= 11 is 1.27. The first-order valence-electron chi connectivity index (χ1n) is 6.96. The largest absolute Gasteiger partial charge is 0.319 e. The van der Waals surface area contributed by atoms with Crippen LogP contribution in [-0.2, 0) is 0 Å². The molecule has 1 N–H and O–H groups in total. The second kappa shape index (κ2) is 6.30. The highest BCUT2D eigenvalue weighted by atomic mass is 32.1. The van der Waals surface area contributed by atoms with Gasteiger partial charge in [0.25, 0.3) is 5.91 Å². The van der Waals surface area contributed by atoms with Gasteiger partial charge in [-0.25, -0.2) is 8.78 Å². The lowest BCUT2D eigenvalue weighted by atomic mass is 10.2. The Labute approximate surface area is 136 Å². The molecule has 0 saturated heterocycles. The van der Waals surface area contributed by atoms with Crippen LogP contribution in [0, 0.1) is 18.6 Å². The van der Waals surface area contributed by atoms with Crippen LogP contribution in [-0.4, -0.2) is 5.91 Å². The van der Waals surface area contributed by atoms with E-state index in [-0.39, 0.29) is 17.4 Å². The molecule has 1 aromatic heterocycles. The second-order valence-electron chi connectivity index (χ2n) is 5.11. The van der Waals surface area contributed by atoms with Crippen LogP contribution in [0.4, 0.5) is 14.5 Å². The Kier molecular flexibility index (Phi) is 4.21.